The summed E-state index contributed by atoms with van der Waals surface area (Å²) in [5, 5.41) is 2.93. The normalized spacial score (nSPS) is 25.4. The lowest BCUT2D eigenvalue weighted by Gasteiger charge is -2.10. The summed E-state index contributed by atoms with van der Waals surface area (Å²) in [6, 6.07) is -0.0768. The molecule has 1 aliphatic carbocycles. The van der Waals surface area contributed by atoms with Crippen LogP contribution in [-0.2, 0) is 0 Å². The van der Waals surface area contributed by atoms with Gasteiger partial charge in [0.25, 0.3) is 0 Å². The van der Waals surface area contributed by atoms with Crippen LogP contribution >= 0.6 is 0 Å². The first-order chi connectivity index (χ1) is 7.25. The molecule has 1 amide bonds. The maximum Gasteiger partial charge on any atom is 0.326 e. The molecular weight excluding hydrogens is 190 g/mol. The lowest BCUT2D eigenvalue weighted by atomic mass is 10.1. The molecule has 1 heterocycles. The monoisotopic (exact) mass is 207 g/mol. The summed E-state index contributed by atoms with van der Waals surface area (Å²) in [5.41, 5.74) is 0. The first kappa shape index (κ1) is 10.2. The van der Waals surface area contributed by atoms with Crippen LogP contribution in [0.1, 0.15) is 26.2 Å². The molecule has 15 heavy (non-hydrogen) atoms. The highest BCUT2D eigenvalue weighted by Crippen LogP contribution is 2.29. The van der Waals surface area contributed by atoms with Crippen LogP contribution in [0, 0.1) is 11.8 Å². The van der Waals surface area contributed by atoms with E-state index in [1.807, 2.05) is 0 Å². The second-order valence-electron chi connectivity index (χ2n) is 4.44. The Morgan fingerprint density at radius 1 is 1.60 bits per heavy atom. The van der Waals surface area contributed by atoms with E-state index in [2.05, 4.69) is 17.2 Å². The van der Waals surface area contributed by atoms with Crippen molar-refractivity contribution in [3.63, 3.8) is 0 Å². The van der Waals surface area contributed by atoms with Crippen molar-refractivity contribution < 1.29 is 4.79 Å². The van der Waals surface area contributed by atoms with Crippen LogP contribution in [0.4, 0.5) is 4.79 Å². The fraction of sp³-hybridized carbons (Fsp3) is 0.636. The van der Waals surface area contributed by atoms with Crippen molar-refractivity contribution in [2.75, 3.05) is 6.54 Å². The van der Waals surface area contributed by atoms with E-state index in [4.69, 9.17) is 0 Å². The molecule has 1 fully saturated rings. The Kier molecular flexibility index (Phi) is 3.04. The average molecular weight is 207 g/mol. The molecule has 0 bridgehead atoms. The zero-order valence-electron chi connectivity index (χ0n) is 9.02. The molecule has 1 aromatic heterocycles. The minimum Gasteiger partial charge on any atom is -0.337 e. The van der Waals surface area contributed by atoms with Gasteiger partial charge in [-0.25, -0.2) is 9.78 Å². The second-order valence-corrected chi connectivity index (χ2v) is 4.44. The third-order valence-corrected chi connectivity index (χ3v) is 3.08. The van der Waals surface area contributed by atoms with Crippen molar-refractivity contribution in [3.05, 3.63) is 18.7 Å². The Hall–Kier alpha value is -1.32. The maximum absolute atomic E-state index is 11.6. The molecule has 2 atom stereocenters. The summed E-state index contributed by atoms with van der Waals surface area (Å²) >= 11 is 0. The lowest BCUT2D eigenvalue weighted by Crippen LogP contribution is -2.31. The number of amides is 1. The molecule has 0 aromatic carbocycles. The van der Waals surface area contributed by atoms with Gasteiger partial charge in [-0.15, -0.1) is 0 Å². The molecule has 4 heteroatoms. The molecule has 1 N–H and O–H groups in total. The van der Waals surface area contributed by atoms with Crippen LogP contribution in [0.15, 0.2) is 18.7 Å². The maximum atomic E-state index is 11.6. The van der Waals surface area contributed by atoms with Crippen molar-refractivity contribution in [2.45, 2.75) is 26.2 Å². The third kappa shape index (κ3) is 2.58. The van der Waals surface area contributed by atoms with E-state index >= 15 is 0 Å². The average Bonchev–Trinajstić information content (AvgIpc) is 2.84. The summed E-state index contributed by atoms with van der Waals surface area (Å²) in [7, 11) is 0. The standard InChI is InChI=1S/C11H17N3O/c1-9-2-3-10(6-9)7-13-11(15)14-5-4-12-8-14/h4-5,8-10H,2-3,6-7H2,1H3,(H,13,15). The van der Waals surface area contributed by atoms with E-state index in [9.17, 15) is 4.79 Å². The number of rotatable bonds is 2. The van der Waals surface area contributed by atoms with E-state index in [0.717, 1.165) is 12.5 Å². The second kappa shape index (κ2) is 4.47. The van der Waals surface area contributed by atoms with Crippen LogP contribution in [0.5, 0.6) is 0 Å². The number of hydrogen-bond acceptors (Lipinski definition) is 2. The predicted molar refractivity (Wildman–Crippen MR) is 57.5 cm³/mol. The number of nitrogens with zero attached hydrogens (tertiary/aromatic N) is 2. The van der Waals surface area contributed by atoms with Gasteiger partial charge in [-0.1, -0.05) is 13.3 Å². The van der Waals surface area contributed by atoms with Crippen molar-refractivity contribution in [3.8, 4) is 0 Å². The molecular formula is C11H17N3O. The number of aromatic nitrogens is 2. The van der Waals surface area contributed by atoms with E-state index < -0.39 is 0 Å². The van der Waals surface area contributed by atoms with Crippen LogP contribution < -0.4 is 5.32 Å². The van der Waals surface area contributed by atoms with E-state index in [-0.39, 0.29) is 6.03 Å². The van der Waals surface area contributed by atoms with Gasteiger partial charge >= 0.3 is 6.03 Å². The Labute approximate surface area is 89.7 Å². The molecule has 0 spiro atoms. The topological polar surface area (TPSA) is 46.9 Å². The van der Waals surface area contributed by atoms with Crippen LogP contribution in [0.3, 0.4) is 0 Å². The fourth-order valence-electron chi connectivity index (χ4n) is 2.21. The Bertz CT molecular complexity index is 321. The number of carbonyl (C=O) groups excluding carboxylic acids is 1. The van der Waals surface area contributed by atoms with Gasteiger partial charge < -0.3 is 5.32 Å². The SMILES string of the molecule is CC1CCC(CNC(=O)n2ccnc2)C1. The van der Waals surface area contributed by atoms with E-state index in [1.54, 1.807) is 12.4 Å². The zero-order valence-corrected chi connectivity index (χ0v) is 9.02. The van der Waals surface area contributed by atoms with Gasteiger partial charge in [-0.05, 0) is 24.7 Å². The van der Waals surface area contributed by atoms with Gasteiger partial charge in [-0.3, -0.25) is 4.57 Å². The predicted octanol–water partition coefficient (Wildman–Crippen LogP) is 1.88. The largest absolute Gasteiger partial charge is 0.337 e. The van der Waals surface area contributed by atoms with Gasteiger partial charge in [0.2, 0.25) is 0 Å². The van der Waals surface area contributed by atoms with Crippen molar-refractivity contribution in [2.24, 2.45) is 11.8 Å². The molecule has 1 aromatic rings. The number of nitrogens with one attached hydrogen (secondary N) is 1. The number of hydrogen-bond donors (Lipinski definition) is 1. The Morgan fingerprint density at radius 2 is 2.47 bits per heavy atom. The minimum absolute atomic E-state index is 0.0768. The molecule has 0 aliphatic heterocycles. The molecule has 2 unspecified atom stereocenters. The van der Waals surface area contributed by atoms with E-state index in [1.165, 1.54) is 30.2 Å². The quantitative estimate of drug-likeness (QED) is 0.804. The zero-order chi connectivity index (χ0) is 10.7. The number of imidazole rings is 1. The molecule has 1 saturated carbocycles. The molecule has 82 valence electrons. The first-order valence-electron chi connectivity index (χ1n) is 5.52. The fourth-order valence-corrected chi connectivity index (χ4v) is 2.21. The van der Waals surface area contributed by atoms with Gasteiger partial charge in [0.1, 0.15) is 6.33 Å². The summed E-state index contributed by atoms with van der Waals surface area (Å²) in [6.07, 6.45) is 8.57. The van der Waals surface area contributed by atoms with Crippen LogP contribution in [0.2, 0.25) is 0 Å². The van der Waals surface area contributed by atoms with Gasteiger partial charge in [0.05, 0.1) is 0 Å². The Balaban J connectivity index is 1.76. The molecule has 2 rings (SSSR count). The summed E-state index contributed by atoms with van der Waals surface area (Å²) in [6.45, 7) is 3.07. The molecule has 0 saturated heterocycles. The van der Waals surface area contributed by atoms with Crippen molar-refractivity contribution in [1.29, 1.82) is 0 Å². The van der Waals surface area contributed by atoms with Crippen molar-refractivity contribution in [1.82, 2.24) is 14.9 Å². The van der Waals surface area contributed by atoms with Gasteiger partial charge in [0, 0.05) is 18.9 Å². The molecule has 1 aliphatic rings. The smallest absolute Gasteiger partial charge is 0.326 e. The van der Waals surface area contributed by atoms with E-state index in [0.29, 0.717) is 5.92 Å². The van der Waals surface area contributed by atoms with Crippen LogP contribution in [-0.4, -0.2) is 22.1 Å². The highest BCUT2D eigenvalue weighted by atomic mass is 16.2. The van der Waals surface area contributed by atoms with Crippen LogP contribution in [0.25, 0.3) is 0 Å². The van der Waals surface area contributed by atoms with Crippen molar-refractivity contribution >= 4 is 6.03 Å². The lowest BCUT2D eigenvalue weighted by molar-refractivity contribution is 0.240. The summed E-state index contributed by atoms with van der Waals surface area (Å²) in [5.74, 6) is 1.48. The number of carbonyl (C=O) groups is 1. The summed E-state index contributed by atoms with van der Waals surface area (Å²) in [4.78, 5) is 15.4. The highest BCUT2D eigenvalue weighted by molar-refractivity contribution is 5.76. The first-order valence-corrected chi connectivity index (χ1v) is 5.52. The minimum atomic E-state index is -0.0768. The third-order valence-electron chi connectivity index (χ3n) is 3.08. The van der Waals surface area contributed by atoms with Gasteiger partial charge in [-0.2, -0.15) is 0 Å². The molecule has 0 radical (unpaired) electrons. The Morgan fingerprint density at radius 3 is 3.07 bits per heavy atom. The van der Waals surface area contributed by atoms with Gasteiger partial charge in [0.15, 0.2) is 0 Å². The highest BCUT2D eigenvalue weighted by Gasteiger charge is 2.21. The summed E-state index contributed by atoms with van der Waals surface area (Å²) < 4.78 is 1.47. The molecule has 4 nitrogen and oxygen atoms in total.